The number of aromatic nitrogens is 1. The molecule has 1 aliphatic carbocycles. The molecule has 1 heterocycles. The fourth-order valence-corrected chi connectivity index (χ4v) is 4.83. The highest BCUT2D eigenvalue weighted by molar-refractivity contribution is 5.82. The Morgan fingerprint density at radius 2 is 1.65 bits per heavy atom. The van der Waals surface area contributed by atoms with Crippen LogP contribution in [0.4, 0.5) is 30.7 Å². The Hall–Kier alpha value is -4.92. The molecule has 12 heteroatoms. The van der Waals surface area contributed by atoms with Crippen molar-refractivity contribution in [3.63, 3.8) is 0 Å². The van der Waals surface area contributed by atoms with Gasteiger partial charge in [0.15, 0.2) is 5.67 Å². The second kappa shape index (κ2) is 14.0. The molecule has 240 valence electrons. The number of hydrogen-bond acceptors (Lipinski definition) is 3. The van der Waals surface area contributed by atoms with E-state index in [2.05, 4.69) is 22.1 Å². The second-order valence-electron chi connectivity index (χ2n) is 10.4. The third-order valence-corrected chi connectivity index (χ3v) is 7.16. The molecule has 0 radical (unpaired) electrons. The standard InChI is InChI=1S/C34H28F7N3O2/c1-2-30(45)43-22-24-18-23(20-42-21-24)8-7-17-44(31(46)19-25-9-3-4-10-27(25)33(36,37)38)26-13-15-32(35,16-14-26)28-11-5-6-12-29(28)34(39,40)41/h3-6,9-15,18,20-21H,2,16-17,19,22H2,1H3,(H,43,45). The van der Waals surface area contributed by atoms with Gasteiger partial charge in [-0.15, -0.1) is 0 Å². The summed E-state index contributed by atoms with van der Waals surface area (Å²) in [4.78, 5) is 30.2. The normalized spacial score (nSPS) is 16.2. The van der Waals surface area contributed by atoms with Crippen LogP contribution < -0.4 is 5.32 Å². The SMILES string of the molecule is CCC(=O)NCc1cncc(C#CCN(C(=O)Cc2ccccc2C(F)(F)F)C2=CCC(F)(c3ccccc3C(F)(F)F)C=C2)c1. The number of pyridine rings is 1. The highest BCUT2D eigenvalue weighted by Gasteiger charge is 2.41. The molecule has 3 aromatic rings. The first-order valence-electron chi connectivity index (χ1n) is 14.1. The minimum absolute atomic E-state index is 0.0655. The van der Waals surface area contributed by atoms with Gasteiger partial charge in [-0.2, -0.15) is 26.3 Å². The van der Waals surface area contributed by atoms with Gasteiger partial charge in [-0.25, -0.2) is 4.39 Å². The minimum Gasteiger partial charge on any atom is -0.352 e. The molecule has 46 heavy (non-hydrogen) atoms. The summed E-state index contributed by atoms with van der Waals surface area (Å²) in [7, 11) is 0. The molecular formula is C34H28F7N3O2. The molecule has 1 aliphatic rings. The summed E-state index contributed by atoms with van der Waals surface area (Å²) in [6.07, 6.45) is -4.25. The van der Waals surface area contributed by atoms with Gasteiger partial charge >= 0.3 is 12.4 Å². The Morgan fingerprint density at radius 3 is 2.30 bits per heavy atom. The van der Waals surface area contributed by atoms with Crippen molar-refractivity contribution in [2.75, 3.05) is 6.54 Å². The van der Waals surface area contributed by atoms with Crippen LogP contribution in [-0.2, 0) is 40.6 Å². The molecule has 2 aromatic carbocycles. The van der Waals surface area contributed by atoms with Crippen LogP contribution in [0.2, 0.25) is 0 Å². The predicted molar refractivity (Wildman–Crippen MR) is 156 cm³/mol. The fraction of sp³-hybridized carbons (Fsp3) is 0.265. The zero-order valence-corrected chi connectivity index (χ0v) is 24.5. The van der Waals surface area contributed by atoms with E-state index in [1.807, 2.05) is 0 Å². The van der Waals surface area contributed by atoms with Crippen LogP contribution >= 0.6 is 0 Å². The molecule has 0 bridgehead atoms. The molecule has 1 aromatic heterocycles. The molecule has 1 atom stereocenters. The van der Waals surface area contributed by atoms with Gasteiger partial charge in [-0.1, -0.05) is 61.2 Å². The Labute approximate surface area is 260 Å². The molecule has 1 N–H and O–H groups in total. The van der Waals surface area contributed by atoms with Crippen molar-refractivity contribution in [2.24, 2.45) is 0 Å². The van der Waals surface area contributed by atoms with Gasteiger partial charge in [-0.05, 0) is 41.5 Å². The van der Waals surface area contributed by atoms with Crippen molar-refractivity contribution in [3.8, 4) is 11.8 Å². The Bertz CT molecular complexity index is 1720. The Balaban J connectivity index is 1.63. The van der Waals surface area contributed by atoms with Crippen molar-refractivity contribution in [1.82, 2.24) is 15.2 Å². The number of allylic oxidation sites excluding steroid dienone is 3. The Morgan fingerprint density at radius 1 is 0.978 bits per heavy atom. The zero-order valence-electron chi connectivity index (χ0n) is 24.5. The van der Waals surface area contributed by atoms with Crippen LogP contribution in [0.15, 0.2) is 90.9 Å². The van der Waals surface area contributed by atoms with Gasteiger partial charge in [0.05, 0.1) is 24.1 Å². The number of nitrogens with one attached hydrogen (secondary N) is 1. The van der Waals surface area contributed by atoms with Gasteiger partial charge in [-0.3, -0.25) is 14.6 Å². The lowest BCUT2D eigenvalue weighted by Gasteiger charge is -2.30. The van der Waals surface area contributed by atoms with Crippen LogP contribution in [0.5, 0.6) is 0 Å². The molecule has 5 nitrogen and oxygen atoms in total. The number of rotatable bonds is 8. The average molecular weight is 644 g/mol. The van der Waals surface area contributed by atoms with Gasteiger partial charge in [0, 0.05) is 48.6 Å². The van der Waals surface area contributed by atoms with E-state index in [4.69, 9.17) is 0 Å². The summed E-state index contributed by atoms with van der Waals surface area (Å²) >= 11 is 0. The van der Waals surface area contributed by atoms with E-state index < -0.39 is 53.5 Å². The highest BCUT2D eigenvalue weighted by atomic mass is 19.4. The topological polar surface area (TPSA) is 62.3 Å². The number of nitrogens with zero attached hydrogens (tertiary/aromatic N) is 2. The Kier molecular flexibility index (Phi) is 10.4. The highest BCUT2D eigenvalue weighted by Crippen LogP contribution is 2.43. The number of hydrogen-bond donors (Lipinski definition) is 1. The average Bonchev–Trinajstić information content (AvgIpc) is 3.02. The summed E-state index contributed by atoms with van der Waals surface area (Å²) in [5.74, 6) is 4.66. The summed E-state index contributed by atoms with van der Waals surface area (Å²) in [5, 5.41) is 2.71. The number of alkyl halides is 7. The van der Waals surface area contributed by atoms with Crippen molar-refractivity contribution in [3.05, 3.63) is 124 Å². The summed E-state index contributed by atoms with van der Waals surface area (Å²) in [5.41, 5.74) is -4.44. The maximum Gasteiger partial charge on any atom is 0.416 e. The number of amides is 2. The van der Waals surface area contributed by atoms with Gasteiger partial charge in [0.25, 0.3) is 0 Å². The first-order chi connectivity index (χ1) is 21.7. The lowest BCUT2D eigenvalue weighted by Crippen LogP contribution is -2.34. The van der Waals surface area contributed by atoms with Crippen LogP contribution in [0.25, 0.3) is 0 Å². The van der Waals surface area contributed by atoms with Crippen LogP contribution in [0.3, 0.4) is 0 Å². The van der Waals surface area contributed by atoms with Crippen LogP contribution in [0, 0.1) is 11.8 Å². The van der Waals surface area contributed by atoms with Crippen molar-refractivity contribution in [1.29, 1.82) is 0 Å². The molecule has 1 unspecified atom stereocenters. The van der Waals surface area contributed by atoms with E-state index in [1.54, 1.807) is 13.0 Å². The maximum atomic E-state index is 16.0. The third kappa shape index (κ3) is 8.41. The molecule has 0 aliphatic heterocycles. The molecule has 0 saturated heterocycles. The molecule has 4 rings (SSSR count). The van der Waals surface area contributed by atoms with Gasteiger partial charge in [0.1, 0.15) is 0 Å². The quantitative estimate of drug-likeness (QED) is 0.208. The second-order valence-corrected chi connectivity index (χ2v) is 10.4. The molecule has 0 fully saturated rings. The number of halogens is 7. The van der Waals surface area contributed by atoms with Crippen LogP contribution in [-0.4, -0.2) is 28.2 Å². The molecular weight excluding hydrogens is 615 g/mol. The maximum absolute atomic E-state index is 16.0. The predicted octanol–water partition coefficient (Wildman–Crippen LogP) is 7.28. The molecule has 0 spiro atoms. The number of carbonyl (C=O) groups is 2. The summed E-state index contributed by atoms with van der Waals surface area (Å²) in [6, 6.07) is 10.5. The molecule has 2 amide bonds. The summed E-state index contributed by atoms with van der Waals surface area (Å²) in [6.45, 7) is 1.58. The lowest BCUT2D eigenvalue weighted by atomic mass is 9.85. The first-order valence-corrected chi connectivity index (χ1v) is 14.1. The number of carbonyl (C=O) groups excluding carboxylic acids is 2. The van der Waals surface area contributed by atoms with E-state index in [1.165, 1.54) is 42.7 Å². The smallest absolute Gasteiger partial charge is 0.352 e. The lowest BCUT2D eigenvalue weighted by molar-refractivity contribution is -0.139. The number of benzene rings is 2. The zero-order chi connectivity index (χ0) is 33.5. The van der Waals surface area contributed by atoms with E-state index in [0.29, 0.717) is 17.5 Å². The van der Waals surface area contributed by atoms with E-state index in [0.717, 1.165) is 41.3 Å². The van der Waals surface area contributed by atoms with E-state index in [9.17, 15) is 35.9 Å². The van der Waals surface area contributed by atoms with Crippen molar-refractivity contribution >= 4 is 11.8 Å². The molecule has 0 saturated carbocycles. The fourth-order valence-electron chi connectivity index (χ4n) is 4.83. The van der Waals surface area contributed by atoms with Crippen molar-refractivity contribution < 1.29 is 40.3 Å². The van der Waals surface area contributed by atoms with E-state index in [-0.39, 0.29) is 30.3 Å². The van der Waals surface area contributed by atoms with Crippen molar-refractivity contribution in [2.45, 2.75) is 50.8 Å². The van der Waals surface area contributed by atoms with Gasteiger partial charge in [0.2, 0.25) is 11.8 Å². The monoisotopic (exact) mass is 643 g/mol. The first kappa shape index (κ1) is 34.0. The van der Waals surface area contributed by atoms with Crippen LogP contribution in [0.1, 0.15) is 53.1 Å². The van der Waals surface area contributed by atoms with Gasteiger partial charge < -0.3 is 10.2 Å². The summed E-state index contributed by atoms with van der Waals surface area (Å²) < 4.78 is 97.8. The van der Waals surface area contributed by atoms with E-state index >= 15 is 4.39 Å². The largest absolute Gasteiger partial charge is 0.416 e. The third-order valence-electron chi connectivity index (χ3n) is 7.16. The minimum atomic E-state index is -4.81.